The maximum absolute atomic E-state index is 11.6. The van der Waals surface area contributed by atoms with E-state index in [0.717, 1.165) is 5.69 Å². The first kappa shape index (κ1) is 15.0. The lowest BCUT2D eigenvalue weighted by Gasteiger charge is -2.15. The third kappa shape index (κ3) is 5.44. The zero-order valence-electron chi connectivity index (χ0n) is 10.4. The number of nitrogens with one attached hydrogen (secondary N) is 2. The molecular formula is C11H14N4O3S. The number of aromatic amines is 1. The van der Waals surface area contributed by atoms with Crippen molar-refractivity contribution in [2.45, 2.75) is 12.5 Å². The molecule has 0 unspecified atom stereocenters. The molecule has 0 saturated heterocycles. The minimum Gasteiger partial charge on any atom is -0.467 e. The van der Waals surface area contributed by atoms with Crippen LogP contribution in [0.2, 0.25) is 0 Å². The number of ether oxygens (including phenoxy) is 1. The number of esters is 1. The highest BCUT2D eigenvalue weighted by atomic mass is 32.2. The van der Waals surface area contributed by atoms with Crippen molar-refractivity contribution in [2.24, 2.45) is 0 Å². The molecule has 8 heteroatoms. The fraction of sp³-hybridized carbons (Fsp3) is 0.455. The molecule has 19 heavy (non-hydrogen) atoms. The molecule has 0 spiro atoms. The van der Waals surface area contributed by atoms with Crippen LogP contribution < -0.4 is 5.32 Å². The van der Waals surface area contributed by atoms with Crippen molar-refractivity contribution < 1.29 is 14.3 Å². The van der Waals surface area contributed by atoms with Crippen LogP contribution in [0.5, 0.6) is 0 Å². The normalized spacial score (nSPS) is 11.4. The van der Waals surface area contributed by atoms with Crippen LogP contribution in [0.15, 0.2) is 12.5 Å². The molecule has 1 rings (SSSR count). The van der Waals surface area contributed by atoms with Gasteiger partial charge in [0, 0.05) is 18.3 Å². The van der Waals surface area contributed by atoms with E-state index in [1.165, 1.54) is 25.2 Å². The molecule has 2 N–H and O–H groups in total. The van der Waals surface area contributed by atoms with Crippen LogP contribution in [0.25, 0.3) is 0 Å². The molecule has 102 valence electrons. The van der Waals surface area contributed by atoms with Crippen molar-refractivity contribution in [1.82, 2.24) is 15.3 Å². The SMILES string of the molecule is COC(=O)[C@H](Cc1cnc[nH]1)NC(=O)CSCC#N. The summed E-state index contributed by atoms with van der Waals surface area (Å²) in [4.78, 5) is 29.9. The number of carbonyl (C=O) groups excluding carboxylic acids is 2. The number of carbonyl (C=O) groups is 2. The Morgan fingerprint density at radius 2 is 2.47 bits per heavy atom. The van der Waals surface area contributed by atoms with Crippen LogP contribution in [0.1, 0.15) is 5.69 Å². The van der Waals surface area contributed by atoms with Gasteiger partial charge in [-0.05, 0) is 0 Å². The summed E-state index contributed by atoms with van der Waals surface area (Å²) in [6.45, 7) is 0. The third-order valence-electron chi connectivity index (χ3n) is 2.20. The smallest absolute Gasteiger partial charge is 0.328 e. The summed E-state index contributed by atoms with van der Waals surface area (Å²) in [6, 6.07) is 1.16. The van der Waals surface area contributed by atoms with Crippen LogP contribution >= 0.6 is 11.8 Å². The van der Waals surface area contributed by atoms with Crippen LogP contribution in [0.4, 0.5) is 0 Å². The second-order valence-corrected chi connectivity index (χ2v) is 4.56. The molecule has 0 aliphatic carbocycles. The molecule has 0 aliphatic heterocycles. The van der Waals surface area contributed by atoms with Gasteiger partial charge in [0.05, 0.1) is 31.0 Å². The van der Waals surface area contributed by atoms with Crippen molar-refractivity contribution in [3.05, 3.63) is 18.2 Å². The van der Waals surface area contributed by atoms with Crippen LogP contribution in [-0.2, 0) is 20.7 Å². The van der Waals surface area contributed by atoms with Gasteiger partial charge >= 0.3 is 5.97 Å². The topological polar surface area (TPSA) is 108 Å². The molecule has 0 aromatic carbocycles. The Morgan fingerprint density at radius 3 is 3.05 bits per heavy atom. The van der Waals surface area contributed by atoms with Gasteiger partial charge in [0.2, 0.25) is 5.91 Å². The molecule has 0 fully saturated rings. The van der Waals surface area contributed by atoms with Gasteiger partial charge in [-0.1, -0.05) is 0 Å². The number of amides is 1. The van der Waals surface area contributed by atoms with Gasteiger partial charge in [0.25, 0.3) is 0 Å². The van der Waals surface area contributed by atoms with Gasteiger partial charge in [-0.2, -0.15) is 5.26 Å². The lowest BCUT2D eigenvalue weighted by atomic mass is 10.1. The number of hydrogen-bond acceptors (Lipinski definition) is 6. The van der Waals surface area contributed by atoms with Crippen LogP contribution in [0, 0.1) is 11.3 Å². The number of thioether (sulfide) groups is 1. The van der Waals surface area contributed by atoms with Gasteiger partial charge in [0.1, 0.15) is 6.04 Å². The number of aromatic nitrogens is 2. The number of hydrogen-bond donors (Lipinski definition) is 2. The standard InChI is InChI=1S/C11H14N4O3S/c1-18-11(17)9(4-8-5-13-7-14-8)15-10(16)6-19-3-2-12/h5,7,9H,3-4,6H2,1H3,(H,13,14)(H,15,16)/t9-/m0/s1. The van der Waals surface area contributed by atoms with E-state index in [2.05, 4.69) is 20.0 Å². The van der Waals surface area contributed by atoms with Gasteiger partial charge in [0.15, 0.2) is 0 Å². The lowest BCUT2D eigenvalue weighted by molar-refractivity contribution is -0.144. The molecule has 0 bridgehead atoms. The lowest BCUT2D eigenvalue weighted by Crippen LogP contribution is -2.43. The average Bonchev–Trinajstić information content (AvgIpc) is 2.90. The van der Waals surface area contributed by atoms with Gasteiger partial charge in [-0.25, -0.2) is 9.78 Å². The van der Waals surface area contributed by atoms with Gasteiger partial charge in [-0.3, -0.25) is 4.79 Å². The minimum absolute atomic E-state index is 0.129. The molecule has 1 aromatic rings. The summed E-state index contributed by atoms with van der Waals surface area (Å²) < 4.78 is 4.64. The second-order valence-electron chi connectivity index (χ2n) is 3.58. The molecule has 1 heterocycles. The maximum atomic E-state index is 11.6. The zero-order chi connectivity index (χ0) is 14.1. The Hall–Kier alpha value is -2.01. The van der Waals surface area contributed by atoms with Crippen molar-refractivity contribution in [2.75, 3.05) is 18.6 Å². The first-order valence-corrected chi connectivity index (χ1v) is 6.62. The maximum Gasteiger partial charge on any atom is 0.328 e. The van der Waals surface area contributed by atoms with Crippen molar-refractivity contribution >= 4 is 23.6 Å². The molecule has 7 nitrogen and oxygen atoms in total. The fourth-order valence-electron chi connectivity index (χ4n) is 1.38. The Morgan fingerprint density at radius 1 is 1.68 bits per heavy atom. The van der Waals surface area contributed by atoms with Crippen LogP contribution in [0.3, 0.4) is 0 Å². The highest BCUT2D eigenvalue weighted by molar-refractivity contribution is 8.00. The number of nitrogens with zero attached hydrogens (tertiary/aromatic N) is 2. The summed E-state index contributed by atoms with van der Waals surface area (Å²) >= 11 is 1.19. The summed E-state index contributed by atoms with van der Waals surface area (Å²) in [5.74, 6) is -0.468. The number of nitriles is 1. The van der Waals surface area contributed by atoms with Crippen molar-refractivity contribution in [3.63, 3.8) is 0 Å². The first-order chi connectivity index (χ1) is 9.17. The first-order valence-electron chi connectivity index (χ1n) is 5.46. The predicted molar refractivity (Wildman–Crippen MR) is 69.2 cm³/mol. The average molecular weight is 282 g/mol. The highest BCUT2D eigenvalue weighted by Crippen LogP contribution is 2.02. The zero-order valence-corrected chi connectivity index (χ0v) is 11.2. The molecule has 1 aromatic heterocycles. The quantitative estimate of drug-likeness (QED) is 0.532. The van der Waals surface area contributed by atoms with E-state index in [1.54, 1.807) is 6.20 Å². The van der Waals surface area contributed by atoms with Crippen molar-refractivity contribution in [1.29, 1.82) is 5.26 Å². The second kappa shape index (κ2) is 8.16. The summed E-state index contributed by atoms with van der Waals surface area (Å²) in [6.07, 6.45) is 3.35. The van der Waals surface area contributed by atoms with Crippen molar-refractivity contribution in [3.8, 4) is 6.07 Å². The van der Waals surface area contributed by atoms with Gasteiger partial charge < -0.3 is 15.0 Å². The summed E-state index contributed by atoms with van der Waals surface area (Å²) in [7, 11) is 1.26. The molecule has 1 atom stereocenters. The monoisotopic (exact) mass is 282 g/mol. The summed E-state index contributed by atoms with van der Waals surface area (Å²) in [5.41, 5.74) is 0.723. The molecular weight excluding hydrogens is 268 g/mol. The minimum atomic E-state index is -0.763. The Bertz CT molecular complexity index is 455. The van der Waals surface area contributed by atoms with Crippen LogP contribution in [-0.4, -0.2) is 46.5 Å². The van der Waals surface area contributed by atoms with E-state index >= 15 is 0 Å². The van der Waals surface area contributed by atoms with E-state index < -0.39 is 12.0 Å². The Balaban J connectivity index is 2.52. The molecule has 0 radical (unpaired) electrons. The third-order valence-corrected chi connectivity index (χ3v) is 3.00. The van der Waals surface area contributed by atoms with E-state index in [-0.39, 0.29) is 23.8 Å². The summed E-state index contributed by atoms with van der Waals surface area (Å²) in [5, 5.41) is 10.9. The molecule has 0 aliphatic rings. The highest BCUT2D eigenvalue weighted by Gasteiger charge is 2.22. The molecule has 0 saturated carbocycles. The largest absolute Gasteiger partial charge is 0.467 e. The Labute approximate surface area is 114 Å². The number of H-pyrrole nitrogens is 1. The number of imidazole rings is 1. The number of methoxy groups -OCH3 is 1. The number of rotatable bonds is 7. The fourth-order valence-corrected chi connectivity index (χ4v) is 1.84. The van der Waals surface area contributed by atoms with E-state index in [4.69, 9.17) is 5.26 Å². The van der Waals surface area contributed by atoms with E-state index in [1.807, 2.05) is 6.07 Å². The predicted octanol–water partition coefficient (Wildman–Crippen LogP) is -0.133. The Kier molecular flexibility index (Phi) is 6.46. The van der Waals surface area contributed by atoms with E-state index in [0.29, 0.717) is 0 Å². The van der Waals surface area contributed by atoms with Gasteiger partial charge in [-0.15, -0.1) is 11.8 Å². The van der Waals surface area contributed by atoms with E-state index in [9.17, 15) is 9.59 Å². The molecule has 1 amide bonds.